The average Bonchev–Trinajstić information content (AvgIpc) is 2.48. The standard InChI is InChI=1S/C5H6IO2.3C4H9.Sn/c1-2-3-4(6)5(7)8;3*1-3-4-2;/h2H2,1H3,(H,7,8);3*1,3-4H2,2H3;. The predicted molar refractivity (Wildman–Crippen MR) is 104 cm³/mol. The first-order chi connectivity index (χ1) is 9.98. The van der Waals surface area contributed by atoms with Gasteiger partial charge in [0, 0.05) is 0 Å². The number of halogens is 1. The zero-order valence-corrected chi connectivity index (χ0v) is 19.3. The van der Waals surface area contributed by atoms with Gasteiger partial charge in [-0.2, -0.15) is 0 Å². The molecule has 0 spiro atoms. The van der Waals surface area contributed by atoms with Gasteiger partial charge < -0.3 is 0 Å². The molecule has 4 heteroatoms. The van der Waals surface area contributed by atoms with Crippen molar-refractivity contribution < 1.29 is 9.90 Å². The van der Waals surface area contributed by atoms with Crippen LogP contribution < -0.4 is 0 Å². The summed E-state index contributed by atoms with van der Waals surface area (Å²) in [4.78, 5) is 11.5. The molecular formula is C17H33IO2Sn. The molecule has 0 rings (SSSR count). The summed E-state index contributed by atoms with van der Waals surface area (Å²) in [5.41, 5.74) is 0. The third kappa shape index (κ3) is 7.23. The number of hydrogen-bond donors (Lipinski definition) is 1. The van der Waals surface area contributed by atoms with Gasteiger partial charge in [-0.25, -0.2) is 0 Å². The van der Waals surface area contributed by atoms with Crippen LogP contribution in [-0.4, -0.2) is 29.5 Å². The third-order valence-electron chi connectivity index (χ3n) is 4.47. The van der Waals surface area contributed by atoms with Gasteiger partial charge in [-0.3, -0.25) is 0 Å². The minimum atomic E-state index is -2.51. The number of allylic oxidation sites excluding steroid dienone is 1. The van der Waals surface area contributed by atoms with Crippen LogP contribution in [0.3, 0.4) is 0 Å². The number of carbonyl (C=O) groups is 1. The van der Waals surface area contributed by atoms with Gasteiger partial charge >= 0.3 is 150 Å². The molecule has 0 aliphatic rings. The van der Waals surface area contributed by atoms with Crippen molar-refractivity contribution in [2.24, 2.45) is 0 Å². The summed E-state index contributed by atoms with van der Waals surface area (Å²) < 4.78 is 6.14. The summed E-state index contributed by atoms with van der Waals surface area (Å²) in [7, 11) is 0. The Bertz CT molecular complexity index is 318. The van der Waals surface area contributed by atoms with Gasteiger partial charge in [-0.1, -0.05) is 0 Å². The monoisotopic (exact) mass is 516 g/mol. The Kier molecular flexibility index (Phi) is 12.6. The maximum atomic E-state index is 11.5. The SMILES string of the molecule is CCC[CH2][Sn]([CH2]CCC)([CH2]CCC)/[C](CC)=C(\I)C(=O)O. The van der Waals surface area contributed by atoms with E-state index in [1.165, 1.54) is 55.4 Å². The van der Waals surface area contributed by atoms with E-state index in [1.807, 2.05) is 0 Å². The molecular weight excluding hydrogens is 482 g/mol. The molecule has 0 aromatic rings. The van der Waals surface area contributed by atoms with Crippen LogP contribution in [0, 0.1) is 0 Å². The van der Waals surface area contributed by atoms with Gasteiger partial charge in [-0.05, 0) is 0 Å². The van der Waals surface area contributed by atoms with Crippen LogP contribution in [-0.2, 0) is 4.79 Å². The molecule has 0 fully saturated rings. The maximum absolute atomic E-state index is 11.5. The number of aliphatic carboxylic acids is 1. The normalized spacial score (nSPS) is 13.2. The number of unbranched alkanes of at least 4 members (excludes halogenated alkanes) is 3. The van der Waals surface area contributed by atoms with E-state index in [1.54, 1.807) is 0 Å². The molecule has 0 saturated carbocycles. The van der Waals surface area contributed by atoms with E-state index >= 15 is 0 Å². The van der Waals surface area contributed by atoms with Crippen molar-refractivity contribution in [2.75, 3.05) is 0 Å². The van der Waals surface area contributed by atoms with Crippen LogP contribution in [0.5, 0.6) is 0 Å². The summed E-state index contributed by atoms with van der Waals surface area (Å²) >= 11 is -0.406. The Balaban J connectivity index is 5.64. The number of rotatable bonds is 12. The average molecular weight is 515 g/mol. The van der Waals surface area contributed by atoms with Gasteiger partial charge in [0.15, 0.2) is 0 Å². The van der Waals surface area contributed by atoms with Crippen molar-refractivity contribution in [1.29, 1.82) is 0 Å². The van der Waals surface area contributed by atoms with Crippen LogP contribution in [0.1, 0.15) is 72.6 Å². The molecule has 0 radical (unpaired) electrons. The fraction of sp³-hybridized carbons (Fsp3) is 0.824. The van der Waals surface area contributed by atoms with E-state index in [0.717, 1.165) is 6.42 Å². The van der Waals surface area contributed by atoms with Crippen molar-refractivity contribution in [3.05, 3.63) is 7.17 Å². The summed E-state index contributed by atoms with van der Waals surface area (Å²) in [5.74, 6) is -0.696. The van der Waals surface area contributed by atoms with Gasteiger partial charge in [0.25, 0.3) is 0 Å². The Morgan fingerprint density at radius 2 is 1.29 bits per heavy atom. The van der Waals surface area contributed by atoms with E-state index in [2.05, 4.69) is 50.3 Å². The molecule has 124 valence electrons. The fourth-order valence-electron chi connectivity index (χ4n) is 3.27. The summed E-state index contributed by atoms with van der Waals surface area (Å²) in [5, 5.41) is 9.49. The first-order valence-electron chi connectivity index (χ1n) is 8.61. The zero-order chi connectivity index (χ0) is 16.3. The minimum absolute atomic E-state index is 0.661. The molecule has 0 atom stereocenters. The molecule has 0 aliphatic carbocycles. The Morgan fingerprint density at radius 3 is 1.52 bits per heavy atom. The van der Waals surface area contributed by atoms with Crippen molar-refractivity contribution in [3.8, 4) is 0 Å². The van der Waals surface area contributed by atoms with Gasteiger partial charge in [-0.15, -0.1) is 0 Å². The second kappa shape index (κ2) is 12.2. The van der Waals surface area contributed by atoms with Crippen LogP contribution in [0.25, 0.3) is 0 Å². The Hall–Kier alpha value is 0.739. The third-order valence-corrected chi connectivity index (χ3v) is 23.6. The molecule has 0 saturated heterocycles. The Morgan fingerprint density at radius 1 is 0.905 bits per heavy atom. The molecule has 0 aliphatic heterocycles. The van der Waals surface area contributed by atoms with Crippen molar-refractivity contribution >= 4 is 46.9 Å². The molecule has 1 N–H and O–H groups in total. The summed E-state index contributed by atoms with van der Waals surface area (Å²) in [6, 6.07) is 0. The quantitative estimate of drug-likeness (QED) is 0.182. The van der Waals surface area contributed by atoms with Gasteiger partial charge in [0.05, 0.1) is 0 Å². The first kappa shape index (κ1) is 21.7. The summed E-state index contributed by atoms with van der Waals surface area (Å²) in [6.07, 6.45) is 8.52. The van der Waals surface area contributed by atoms with E-state index in [-0.39, 0.29) is 0 Å². The molecule has 0 unspecified atom stereocenters. The number of hydrogen-bond acceptors (Lipinski definition) is 1. The van der Waals surface area contributed by atoms with Crippen LogP contribution in [0.4, 0.5) is 0 Å². The first-order valence-corrected chi connectivity index (χ1v) is 17.2. The van der Waals surface area contributed by atoms with Crippen molar-refractivity contribution in [1.82, 2.24) is 0 Å². The number of carboxylic acid groups (broad SMARTS) is 1. The fourth-order valence-corrected chi connectivity index (χ4v) is 24.8. The molecule has 0 amide bonds. The topological polar surface area (TPSA) is 37.3 Å². The van der Waals surface area contributed by atoms with Crippen molar-refractivity contribution in [3.63, 3.8) is 0 Å². The second-order valence-corrected chi connectivity index (χ2v) is 20.4. The molecule has 0 aromatic heterocycles. The predicted octanol–water partition coefficient (Wildman–Crippen LogP) is 6.56. The van der Waals surface area contributed by atoms with E-state index in [9.17, 15) is 9.90 Å². The number of carboxylic acids is 1. The Labute approximate surface area is 149 Å². The second-order valence-electron chi connectivity index (χ2n) is 6.04. The van der Waals surface area contributed by atoms with Crippen LogP contribution >= 0.6 is 22.6 Å². The molecule has 0 bridgehead atoms. The van der Waals surface area contributed by atoms with Crippen LogP contribution in [0.15, 0.2) is 7.17 Å². The van der Waals surface area contributed by atoms with E-state index in [4.69, 9.17) is 0 Å². The van der Waals surface area contributed by atoms with Gasteiger partial charge in [0.1, 0.15) is 0 Å². The molecule has 21 heavy (non-hydrogen) atoms. The van der Waals surface area contributed by atoms with E-state index in [0.29, 0.717) is 3.58 Å². The summed E-state index contributed by atoms with van der Waals surface area (Å²) in [6.45, 7) is 8.95. The van der Waals surface area contributed by atoms with Crippen LogP contribution in [0.2, 0.25) is 13.3 Å². The molecule has 0 heterocycles. The zero-order valence-electron chi connectivity index (χ0n) is 14.3. The molecule has 0 aromatic carbocycles. The molecule has 2 nitrogen and oxygen atoms in total. The van der Waals surface area contributed by atoms with E-state index < -0.39 is 24.3 Å². The van der Waals surface area contributed by atoms with Gasteiger partial charge in [0.2, 0.25) is 0 Å². The van der Waals surface area contributed by atoms with Crippen molar-refractivity contribution in [2.45, 2.75) is 86.0 Å².